The van der Waals surface area contributed by atoms with Crippen LogP contribution in [-0.4, -0.2) is 56.5 Å². The first-order valence-electron chi connectivity index (χ1n) is 17.9. The van der Waals surface area contributed by atoms with E-state index in [0.29, 0.717) is 39.8 Å². The number of ketones is 2. The van der Waals surface area contributed by atoms with Crippen molar-refractivity contribution >= 4 is 45.5 Å². The maximum atomic E-state index is 14.2. The van der Waals surface area contributed by atoms with Crippen LogP contribution in [0.4, 0.5) is 0 Å². The maximum Gasteiger partial charge on any atom is 0.321 e. The van der Waals surface area contributed by atoms with Gasteiger partial charge >= 0.3 is 5.97 Å². The summed E-state index contributed by atoms with van der Waals surface area (Å²) in [6.07, 6.45) is 1.57. The van der Waals surface area contributed by atoms with Gasteiger partial charge in [-0.25, -0.2) is 0 Å². The van der Waals surface area contributed by atoms with E-state index in [1.807, 2.05) is 39.0 Å². The number of ether oxygens (including phenoxy) is 1. The molecule has 0 spiro atoms. The molecule has 10 nitrogen and oxygen atoms in total. The van der Waals surface area contributed by atoms with E-state index in [9.17, 15) is 19.2 Å². The van der Waals surface area contributed by atoms with Crippen molar-refractivity contribution < 1.29 is 23.9 Å². The first-order valence-corrected chi connectivity index (χ1v) is 17.9. The van der Waals surface area contributed by atoms with Gasteiger partial charge in [-0.15, -0.1) is 0 Å². The fourth-order valence-electron chi connectivity index (χ4n) is 8.11. The Bertz CT molecular complexity index is 2090. The summed E-state index contributed by atoms with van der Waals surface area (Å²) >= 11 is 0. The molecule has 6 rings (SSSR count). The van der Waals surface area contributed by atoms with Gasteiger partial charge in [0.05, 0.1) is 23.8 Å². The van der Waals surface area contributed by atoms with Gasteiger partial charge in [-0.2, -0.15) is 0 Å². The number of hydrogen-bond acceptors (Lipinski definition) is 7. The van der Waals surface area contributed by atoms with Crippen molar-refractivity contribution in [3.05, 3.63) is 68.8 Å². The number of fused-ring (bicyclic) bond motifs is 8. The molecule has 0 aromatic carbocycles. The third kappa shape index (κ3) is 5.76. The van der Waals surface area contributed by atoms with Crippen molar-refractivity contribution in [1.82, 2.24) is 25.3 Å². The van der Waals surface area contributed by atoms with Crippen LogP contribution in [0, 0.1) is 19.8 Å². The number of methoxy groups -OCH3 is 1. The molecule has 3 aromatic rings. The molecule has 3 N–H and O–H groups in total. The normalized spacial score (nSPS) is 21.8. The van der Waals surface area contributed by atoms with Crippen molar-refractivity contribution in [1.29, 1.82) is 0 Å². The number of carbonyl (C=O) groups excluding carboxylic acids is 4. The fourth-order valence-corrected chi connectivity index (χ4v) is 8.11. The van der Waals surface area contributed by atoms with Crippen LogP contribution in [0.15, 0.2) is 18.2 Å². The summed E-state index contributed by atoms with van der Waals surface area (Å²) in [6.45, 7) is 17.9. The molecule has 10 heteroatoms. The molecule has 3 aliphatic rings. The number of aryl methyl sites for hydroxylation is 2. The van der Waals surface area contributed by atoms with E-state index >= 15 is 0 Å². The van der Waals surface area contributed by atoms with Crippen molar-refractivity contribution in [2.24, 2.45) is 5.92 Å². The van der Waals surface area contributed by atoms with E-state index in [-0.39, 0.29) is 59.5 Å². The minimum Gasteiger partial charge on any atom is -0.468 e. The smallest absolute Gasteiger partial charge is 0.321 e. The van der Waals surface area contributed by atoms with E-state index in [0.717, 1.165) is 45.7 Å². The van der Waals surface area contributed by atoms with Gasteiger partial charge in [-0.3, -0.25) is 29.1 Å². The first kappa shape index (κ1) is 35.2. The Morgan fingerprint density at radius 1 is 0.900 bits per heavy atom. The largest absolute Gasteiger partial charge is 0.468 e. The summed E-state index contributed by atoms with van der Waals surface area (Å²) in [5, 5.41) is 3.11. The SMILES string of the molecule is CCC1c2cc3[nH]c4c(c3C)C(=O)C(C(=O)OC)c4c3nc(cc4[nH]c(cc(n2)[C@@H]1C)c(C(C)=O)c4C)[C@@H](C)C3CCC(=O)NC(C)C(C)C. The topological polar surface area (TPSA) is 147 Å². The molecule has 2 aliphatic heterocycles. The average Bonchev–Trinajstić information content (AvgIpc) is 3.80. The lowest BCUT2D eigenvalue weighted by molar-refractivity contribution is -0.141. The zero-order valence-electron chi connectivity index (χ0n) is 30.8. The van der Waals surface area contributed by atoms with Crippen LogP contribution >= 0.6 is 0 Å². The van der Waals surface area contributed by atoms with Gasteiger partial charge in [0.1, 0.15) is 5.92 Å². The Hall–Kier alpha value is -4.60. The predicted octanol–water partition coefficient (Wildman–Crippen LogP) is 7.71. The highest BCUT2D eigenvalue weighted by molar-refractivity contribution is 6.23. The summed E-state index contributed by atoms with van der Waals surface area (Å²) in [7, 11) is 1.29. The fraction of sp³-hybridized carbons (Fsp3) is 0.500. The molecular formula is C40H49N5O5. The Kier molecular flexibility index (Phi) is 9.35. The number of rotatable bonds is 8. The van der Waals surface area contributed by atoms with Crippen molar-refractivity contribution in [2.45, 2.75) is 117 Å². The lowest BCUT2D eigenvalue weighted by Crippen LogP contribution is -2.36. The molecule has 5 heterocycles. The Labute approximate surface area is 293 Å². The van der Waals surface area contributed by atoms with Gasteiger partial charge in [-0.1, -0.05) is 34.6 Å². The van der Waals surface area contributed by atoms with E-state index in [1.54, 1.807) is 6.92 Å². The molecule has 3 aromatic heterocycles. The van der Waals surface area contributed by atoms with E-state index in [1.165, 1.54) is 7.11 Å². The van der Waals surface area contributed by atoms with Crippen molar-refractivity contribution in [3.63, 3.8) is 0 Å². The molecule has 50 heavy (non-hydrogen) atoms. The molecule has 6 atom stereocenters. The van der Waals surface area contributed by atoms with Crippen LogP contribution < -0.4 is 5.32 Å². The van der Waals surface area contributed by atoms with Crippen LogP contribution in [0.3, 0.4) is 0 Å². The standard InChI is InChI=1S/C40H49N5O5/c1-11-24-18(4)26-16-31-33(23(9)46)20(6)28(43-31)14-27-19(5)25(12-13-32(47)41-22(8)17(2)3)37(44-27)35-36(40(49)50-10)39(48)34-21(7)29(45-38(34)35)15-30(24)42-26/h14-19,22,24-25,36,43,45H,11-13H2,1-10H3,(H,41,47)/t18-,19+,22?,24?,25?,36?/m1/s1. The van der Waals surface area contributed by atoms with Gasteiger partial charge in [0.2, 0.25) is 5.91 Å². The molecule has 0 radical (unpaired) electrons. The zero-order valence-corrected chi connectivity index (χ0v) is 30.8. The third-order valence-electron chi connectivity index (χ3n) is 11.5. The molecule has 264 valence electrons. The van der Waals surface area contributed by atoms with Crippen molar-refractivity contribution in [2.75, 3.05) is 7.11 Å². The zero-order chi connectivity index (χ0) is 36.3. The number of hydrogen-bond donors (Lipinski definition) is 3. The molecule has 1 aliphatic carbocycles. The molecule has 0 saturated heterocycles. The second kappa shape index (κ2) is 13.3. The summed E-state index contributed by atoms with van der Waals surface area (Å²) in [4.78, 5) is 71.2. The van der Waals surface area contributed by atoms with Crippen LogP contribution in [0.5, 0.6) is 0 Å². The molecular weight excluding hydrogens is 630 g/mol. The van der Waals surface area contributed by atoms with Gasteiger partial charge in [-0.05, 0) is 75.8 Å². The van der Waals surface area contributed by atoms with Crippen LogP contribution in [0.1, 0.15) is 158 Å². The van der Waals surface area contributed by atoms with E-state index in [2.05, 4.69) is 49.9 Å². The minimum absolute atomic E-state index is 0.0186. The number of Topliss-reactive ketones (excluding diaryl/α,β-unsaturated/α-hetero) is 2. The van der Waals surface area contributed by atoms with E-state index in [4.69, 9.17) is 14.7 Å². The van der Waals surface area contributed by atoms with Gasteiger partial charge in [0, 0.05) is 80.9 Å². The number of nitrogens with zero attached hydrogens (tertiary/aromatic N) is 2. The number of aromatic amines is 2. The number of carbonyl (C=O) groups is 4. The molecule has 8 bridgehead atoms. The average molecular weight is 680 g/mol. The first-order chi connectivity index (χ1) is 23.7. The highest BCUT2D eigenvalue weighted by Gasteiger charge is 2.45. The van der Waals surface area contributed by atoms with E-state index < -0.39 is 11.9 Å². The molecule has 4 unspecified atom stereocenters. The van der Waals surface area contributed by atoms with Crippen molar-refractivity contribution in [3.8, 4) is 0 Å². The number of H-pyrrole nitrogens is 2. The lowest BCUT2D eigenvalue weighted by Gasteiger charge is -2.21. The number of aromatic nitrogens is 4. The Morgan fingerprint density at radius 2 is 1.52 bits per heavy atom. The van der Waals surface area contributed by atoms with Gasteiger partial charge in [0.15, 0.2) is 11.6 Å². The van der Waals surface area contributed by atoms with Crippen LogP contribution in [0.2, 0.25) is 0 Å². The lowest BCUT2D eigenvalue weighted by atomic mass is 9.83. The molecule has 1 amide bonds. The van der Waals surface area contributed by atoms with Crippen LogP contribution in [-0.2, 0) is 14.3 Å². The Morgan fingerprint density at radius 3 is 2.16 bits per heavy atom. The monoisotopic (exact) mass is 679 g/mol. The van der Waals surface area contributed by atoms with Gasteiger partial charge in [0.25, 0.3) is 0 Å². The Balaban J connectivity index is 1.69. The maximum absolute atomic E-state index is 14.2. The summed E-state index contributed by atoms with van der Waals surface area (Å²) in [6, 6.07) is 6.00. The number of amides is 1. The highest BCUT2D eigenvalue weighted by Crippen LogP contribution is 2.48. The predicted molar refractivity (Wildman–Crippen MR) is 194 cm³/mol. The molecule has 0 fully saturated rings. The third-order valence-corrected chi connectivity index (χ3v) is 11.5. The molecule has 0 saturated carbocycles. The summed E-state index contributed by atoms with van der Waals surface area (Å²) in [5.41, 5.74) is 9.04. The summed E-state index contributed by atoms with van der Waals surface area (Å²) < 4.78 is 5.22. The van der Waals surface area contributed by atoms with Gasteiger partial charge < -0.3 is 20.0 Å². The summed E-state index contributed by atoms with van der Waals surface area (Å²) in [5.74, 6) is -2.17. The van der Waals surface area contributed by atoms with Crippen LogP contribution in [0.25, 0.3) is 22.1 Å². The minimum atomic E-state index is -1.18. The quantitative estimate of drug-likeness (QED) is 0.126. The second-order valence-electron chi connectivity index (χ2n) is 14.8. The number of nitrogens with one attached hydrogen (secondary N) is 3. The highest BCUT2D eigenvalue weighted by atomic mass is 16.5. The number of esters is 1. The second-order valence-corrected chi connectivity index (χ2v) is 14.8.